The summed E-state index contributed by atoms with van der Waals surface area (Å²) in [5.41, 5.74) is 2.38. The van der Waals surface area contributed by atoms with Crippen molar-refractivity contribution >= 4 is 17.9 Å². The Labute approximate surface area is 90.6 Å². The highest BCUT2D eigenvalue weighted by Crippen LogP contribution is 2.16. The Morgan fingerprint density at radius 2 is 1.75 bits per heavy atom. The molecule has 0 aliphatic carbocycles. The second-order valence-corrected chi connectivity index (χ2v) is 3.09. The fourth-order valence-electron chi connectivity index (χ4n) is 0.926. The third-order valence-corrected chi connectivity index (χ3v) is 1.66. The number of hydrogen-bond acceptors (Lipinski definition) is 6. The first kappa shape index (κ1) is 14.3. The Kier molecular flexibility index (Phi) is 5.40. The van der Waals surface area contributed by atoms with Crippen LogP contribution in [-0.2, 0) is 19.1 Å². The summed E-state index contributed by atoms with van der Waals surface area (Å²) in [6.07, 6.45) is -2.02. The number of carbonyl (C=O) groups excluding carboxylic acids is 1. The molecule has 1 unspecified atom stereocenters. The summed E-state index contributed by atoms with van der Waals surface area (Å²) in [6.45, 7) is -0.0717. The number of carboxylic acid groups (broad SMARTS) is 2. The standard InChI is InChI=1S/C8H13NO7/c9-1-2-16-6(12)4-8(15,7(13)14)3-5(10)11/h15H,1-4,9H2,(H,10,11)(H,13,14). The van der Waals surface area contributed by atoms with Crippen molar-refractivity contribution in [2.24, 2.45) is 5.73 Å². The Balaban J connectivity index is 4.49. The Hall–Kier alpha value is -1.67. The van der Waals surface area contributed by atoms with Gasteiger partial charge in [0.2, 0.25) is 0 Å². The number of rotatable bonds is 7. The minimum absolute atomic E-state index is 0.0518. The number of ether oxygens (including phenoxy) is 1. The molecule has 0 saturated carbocycles. The van der Waals surface area contributed by atoms with E-state index in [1.165, 1.54) is 0 Å². The van der Waals surface area contributed by atoms with Crippen molar-refractivity contribution in [2.45, 2.75) is 18.4 Å². The molecule has 0 fully saturated rings. The zero-order valence-corrected chi connectivity index (χ0v) is 8.38. The number of aliphatic hydroxyl groups is 1. The lowest BCUT2D eigenvalue weighted by molar-refractivity contribution is -0.171. The van der Waals surface area contributed by atoms with Gasteiger partial charge in [0, 0.05) is 6.54 Å². The van der Waals surface area contributed by atoms with E-state index in [2.05, 4.69) is 4.74 Å². The first-order chi connectivity index (χ1) is 7.31. The fourth-order valence-corrected chi connectivity index (χ4v) is 0.926. The molecule has 0 aromatic carbocycles. The van der Waals surface area contributed by atoms with E-state index in [0.29, 0.717) is 0 Å². The van der Waals surface area contributed by atoms with Crippen LogP contribution in [0.4, 0.5) is 0 Å². The van der Waals surface area contributed by atoms with Gasteiger partial charge >= 0.3 is 17.9 Å². The Morgan fingerprint density at radius 1 is 1.19 bits per heavy atom. The first-order valence-electron chi connectivity index (χ1n) is 4.35. The van der Waals surface area contributed by atoms with E-state index in [-0.39, 0.29) is 13.2 Å². The summed E-state index contributed by atoms with van der Waals surface area (Å²) in [6, 6.07) is 0. The van der Waals surface area contributed by atoms with Crippen molar-refractivity contribution in [1.29, 1.82) is 0 Å². The summed E-state index contributed by atoms with van der Waals surface area (Å²) >= 11 is 0. The van der Waals surface area contributed by atoms with E-state index in [1.54, 1.807) is 0 Å². The lowest BCUT2D eigenvalue weighted by Gasteiger charge is -2.19. The van der Waals surface area contributed by atoms with Gasteiger partial charge in [0.05, 0.1) is 12.8 Å². The third kappa shape index (κ3) is 4.71. The van der Waals surface area contributed by atoms with Gasteiger partial charge in [-0.2, -0.15) is 0 Å². The molecule has 0 aliphatic rings. The SMILES string of the molecule is NCCOC(=O)CC(O)(CC(=O)O)C(=O)O. The molecule has 0 heterocycles. The van der Waals surface area contributed by atoms with Crippen molar-refractivity contribution in [2.75, 3.05) is 13.2 Å². The van der Waals surface area contributed by atoms with Gasteiger partial charge in [-0.1, -0.05) is 0 Å². The predicted molar refractivity (Wildman–Crippen MR) is 49.5 cm³/mol. The molecule has 5 N–H and O–H groups in total. The average Bonchev–Trinajstić information content (AvgIpc) is 2.12. The summed E-state index contributed by atoms with van der Waals surface area (Å²) in [5, 5.41) is 26.4. The van der Waals surface area contributed by atoms with E-state index in [9.17, 15) is 19.5 Å². The molecule has 8 heteroatoms. The maximum atomic E-state index is 11.0. The largest absolute Gasteiger partial charge is 0.481 e. The van der Waals surface area contributed by atoms with E-state index in [0.717, 1.165) is 0 Å². The van der Waals surface area contributed by atoms with Gasteiger partial charge in [-0.25, -0.2) is 4.79 Å². The van der Waals surface area contributed by atoms with Crippen molar-refractivity contribution < 1.29 is 34.4 Å². The lowest BCUT2D eigenvalue weighted by Crippen LogP contribution is -2.43. The summed E-state index contributed by atoms with van der Waals surface area (Å²) < 4.78 is 4.44. The monoisotopic (exact) mass is 235 g/mol. The number of aliphatic carboxylic acids is 2. The molecule has 1 atom stereocenters. The van der Waals surface area contributed by atoms with Gasteiger partial charge in [-0.05, 0) is 0 Å². The fraction of sp³-hybridized carbons (Fsp3) is 0.625. The normalized spacial score (nSPS) is 13.9. The highest BCUT2D eigenvalue weighted by atomic mass is 16.5. The third-order valence-electron chi connectivity index (χ3n) is 1.66. The van der Waals surface area contributed by atoms with Crippen molar-refractivity contribution in [3.8, 4) is 0 Å². The number of nitrogens with two attached hydrogens (primary N) is 1. The molecule has 0 aliphatic heterocycles. The minimum Gasteiger partial charge on any atom is -0.481 e. The number of carboxylic acids is 2. The van der Waals surface area contributed by atoms with Crippen molar-refractivity contribution in [3.05, 3.63) is 0 Å². The van der Waals surface area contributed by atoms with Crippen LogP contribution < -0.4 is 5.73 Å². The number of esters is 1. The average molecular weight is 235 g/mol. The maximum Gasteiger partial charge on any atom is 0.336 e. The van der Waals surface area contributed by atoms with Crippen molar-refractivity contribution in [3.63, 3.8) is 0 Å². The molecular weight excluding hydrogens is 222 g/mol. The zero-order valence-electron chi connectivity index (χ0n) is 8.38. The highest BCUT2D eigenvalue weighted by molar-refractivity contribution is 5.88. The summed E-state index contributed by atoms with van der Waals surface area (Å²) in [7, 11) is 0. The molecule has 0 radical (unpaired) electrons. The van der Waals surface area contributed by atoms with Crippen LogP contribution in [0.3, 0.4) is 0 Å². The smallest absolute Gasteiger partial charge is 0.336 e. The van der Waals surface area contributed by atoms with Gasteiger partial charge in [-0.15, -0.1) is 0 Å². The van der Waals surface area contributed by atoms with Crippen LogP contribution in [0.15, 0.2) is 0 Å². The molecular formula is C8H13NO7. The molecule has 8 nitrogen and oxygen atoms in total. The topological polar surface area (TPSA) is 147 Å². The van der Waals surface area contributed by atoms with Gasteiger partial charge < -0.3 is 25.8 Å². The zero-order chi connectivity index (χ0) is 12.8. The maximum absolute atomic E-state index is 11.0. The summed E-state index contributed by atoms with van der Waals surface area (Å²) in [4.78, 5) is 31.9. The molecule has 0 rings (SSSR count). The van der Waals surface area contributed by atoms with Crippen LogP contribution in [0.1, 0.15) is 12.8 Å². The van der Waals surface area contributed by atoms with Gasteiger partial charge in [0.15, 0.2) is 5.60 Å². The van der Waals surface area contributed by atoms with E-state index in [4.69, 9.17) is 15.9 Å². The highest BCUT2D eigenvalue weighted by Gasteiger charge is 2.41. The Morgan fingerprint density at radius 3 is 2.12 bits per heavy atom. The van der Waals surface area contributed by atoms with Gasteiger partial charge in [0.25, 0.3) is 0 Å². The van der Waals surface area contributed by atoms with Crippen LogP contribution in [0.25, 0.3) is 0 Å². The van der Waals surface area contributed by atoms with E-state index < -0.39 is 36.4 Å². The molecule has 92 valence electrons. The number of hydrogen-bond donors (Lipinski definition) is 4. The molecule has 0 bridgehead atoms. The second-order valence-electron chi connectivity index (χ2n) is 3.09. The molecule has 0 aromatic rings. The van der Waals surface area contributed by atoms with Gasteiger partial charge in [-0.3, -0.25) is 9.59 Å². The summed E-state index contributed by atoms with van der Waals surface area (Å²) in [5.74, 6) is -4.34. The van der Waals surface area contributed by atoms with Crippen LogP contribution >= 0.6 is 0 Å². The van der Waals surface area contributed by atoms with Crippen molar-refractivity contribution in [1.82, 2.24) is 0 Å². The lowest BCUT2D eigenvalue weighted by atomic mass is 9.96. The molecule has 16 heavy (non-hydrogen) atoms. The number of carbonyl (C=O) groups is 3. The molecule has 0 spiro atoms. The second kappa shape index (κ2) is 6.03. The van der Waals surface area contributed by atoms with E-state index >= 15 is 0 Å². The predicted octanol–water partition coefficient (Wildman–Crippen LogP) is -1.83. The molecule has 0 amide bonds. The van der Waals surface area contributed by atoms with Crippen LogP contribution in [-0.4, -0.2) is 52.0 Å². The van der Waals surface area contributed by atoms with Gasteiger partial charge in [0.1, 0.15) is 6.61 Å². The molecule has 0 aromatic heterocycles. The van der Waals surface area contributed by atoms with Crippen LogP contribution in [0, 0.1) is 0 Å². The first-order valence-corrected chi connectivity index (χ1v) is 4.35. The Bertz CT molecular complexity index is 290. The molecule has 0 saturated heterocycles. The van der Waals surface area contributed by atoms with Crippen LogP contribution in [0.2, 0.25) is 0 Å². The quantitative estimate of drug-likeness (QED) is 0.376. The van der Waals surface area contributed by atoms with E-state index in [1.807, 2.05) is 0 Å². The van der Waals surface area contributed by atoms with Crippen LogP contribution in [0.5, 0.6) is 0 Å². The minimum atomic E-state index is -2.66.